The fourth-order valence-corrected chi connectivity index (χ4v) is 5.38. The van der Waals surface area contributed by atoms with Gasteiger partial charge in [-0.1, -0.05) is 31.6 Å². The second-order valence-corrected chi connectivity index (χ2v) is 8.75. The fourth-order valence-electron chi connectivity index (χ4n) is 5.38. The van der Waals surface area contributed by atoms with Crippen LogP contribution >= 0.6 is 0 Å². The molecule has 4 nitrogen and oxygen atoms in total. The van der Waals surface area contributed by atoms with Crippen LogP contribution in [-0.2, 0) is 4.79 Å². The molecule has 0 radical (unpaired) electrons. The number of fused-ring (bicyclic) bond motifs is 2. The lowest BCUT2D eigenvalue weighted by atomic mass is 9.75. The Balaban J connectivity index is 1.65. The number of nitrogens with one attached hydrogen (secondary N) is 2. The maximum Gasteiger partial charge on any atom is 0.231 e. The number of rotatable bonds is 5. The third-order valence-corrected chi connectivity index (χ3v) is 6.53. The summed E-state index contributed by atoms with van der Waals surface area (Å²) in [5.41, 5.74) is 5.44. The zero-order chi connectivity index (χ0) is 19.1. The van der Waals surface area contributed by atoms with E-state index >= 15 is 0 Å². The molecule has 4 heteroatoms. The molecule has 3 aliphatic rings. The largest absolute Gasteiger partial charge is 0.384 e. The maximum atomic E-state index is 13.4. The van der Waals surface area contributed by atoms with Gasteiger partial charge in [0.25, 0.3) is 0 Å². The number of anilines is 1. The summed E-state index contributed by atoms with van der Waals surface area (Å²) in [4.78, 5) is 15.5. The molecular weight excluding hydrogens is 334 g/mol. The standard InChI is InChI=1S/C23H33N3O/c1-5-7-15(4)26(14(2)3)23(27)17-10-19-18-8-6-9-20-22(18)16(12-24-20)11-21(19)25-13-17/h6,8-10,14-17,21,24-25H,5,7,11-13H2,1-4H3/t15?,16?,17-,21-/m1/s1. The summed E-state index contributed by atoms with van der Waals surface area (Å²) < 4.78 is 0. The summed E-state index contributed by atoms with van der Waals surface area (Å²) in [6.45, 7) is 10.4. The molecule has 2 N–H and O–H groups in total. The van der Waals surface area contributed by atoms with Crippen LogP contribution in [0.5, 0.6) is 0 Å². The number of nitrogens with zero attached hydrogens (tertiary/aromatic N) is 1. The van der Waals surface area contributed by atoms with Gasteiger partial charge in [0, 0.05) is 42.8 Å². The van der Waals surface area contributed by atoms with Crippen molar-refractivity contribution in [3.05, 3.63) is 35.4 Å². The molecule has 0 aromatic heterocycles. The van der Waals surface area contributed by atoms with E-state index in [1.807, 2.05) is 0 Å². The lowest BCUT2D eigenvalue weighted by molar-refractivity contribution is -0.138. The third-order valence-electron chi connectivity index (χ3n) is 6.53. The molecule has 0 saturated carbocycles. The molecule has 1 amide bonds. The zero-order valence-electron chi connectivity index (χ0n) is 17.1. The number of carbonyl (C=O) groups excluding carboxylic acids is 1. The Morgan fingerprint density at radius 3 is 2.81 bits per heavy atom. The maximum absolute atomic E-state index is 13.4. The van der Waals surface area contributed by atoms with E-state index in [0.717, 1.165) is 32.4 Å². The molecule has 4 rings (SSSR count). The minimum Gasteiger partial charge on any atom is -0.384 e. The van der Waals surface area contributed by atoms with Crippen LogP contribution in [0.1, 0.15) is 64.0 Å². The van der Waals surface area contributed by atoms with Crippen LogP contribution in [0.25, 0.3) is 5.57 Å². The third kappa shape index (κ3) is 3.18. The summed E-state index contributed by atoms with van der Waals surface area (Å²) >= 11 is 0. The normalized spacial score (nSPS) is 26.7. The second-order valence-electron chi connectivity index (χ2n) is 8.75. The van der Waals surface area contributed by atoms with Gasteiger partial charge < -0.3 is 15.5 Å². The molecule has 1 aromatic carbocycles. The lowest BCUT2D eigenvalue weighted by Crippen LogP contribution is -2.51. The lowest BCUT2D eigenvalue weighted by Gasteiger charge is -2.40. The van der Waals surface area contributed by atoms with E-state index in [9.17, 15) is 4.79 Å². The summed E-state index contributed by atoms with van der Waals surface area (Å²) in [5, 5.41) is 7.26. The fraction of sp³-hybridized carbons (Fsp3) is 0.609. The van der Waals surface area contributed by atoms with Crippen molar-refractivity contribution in [1.29, 1.82) is 0 Å². The van der Waals surface area contributed by atoms with Crippen LogP contribution in [0, 0.1) is 5.92 Å². The average Bonchev–Trinajstić information content (AvgIpc) is 3.06. The summed E-state index contributed by atoms with van der Waals surface area (Å²) in [7, 11) is 0. The average molecular weight is 368 g/mol. The predicted molar refractivity (Wildman–Crippen MR) is 112 cm³/mol. The van der Waals surface area contributed by atoms with E-state index in [4.69, 9.17) is 0 Å². The van der Waals surface area contributed by atoms with Crippen LogP contribution < -0.4 is 10.6 Å². The van der Waals surface area contributed by atoms with Crippen molar-refractivity contribution in [3.8, 4) is 0 Å². The Kier molecular flexibility index (Phi) is 5.02. The Hall–Kier alpha value is -1.81. The molecular formula is C23H33N3O. The van der Waals surface area contributed by atoms with Gasteiger partial charge in [-0.15, -0.1) is 0 Å². The Labute approximate surface area is 163 Å². The van der Waals surface area contributed by atoms with E-state index < -0.39 is 0 Å². The number of benzene rings is 1. The SMILES string of the molecule is CCCC(C)N(C(=O)[C@@H]1C=C2c3cccc4c3C(CN4)C[C@H]2NC1)C(C)C. The first kappa shape index (κ1) is 18.5. The monoisotopic (exact) mass is 367 g/mol. The number of carbonyl (C=O) groups is 1. The van der Waals surface area contributed by atoms with Gasteiger partial charge >= 0.3 is 0 Å². The molecule has 0 fully saturated rings. The van der Waals surface area contributed by atoms with E-state index in [0.29, 0.717) is 18.0 Å². The molecule has 0 bridgehead atoms. The second kappa shape index (κ2) is 7.31. The van der Waals surface area contributed by atoms with Gasteiger partial charge in [0.05, 0.1) is 5.92 Å². The minimum absolute atomic E-state index is 0.0697. The highest BCUT2D eigenvalue weighted by Crippen LogP contribution is 2.46. The van der Waals surface area contributed by atoms with Crippen molar-refractivity contribution in [2.24, 2.45) is 5.92 Å². The van der Waals surface area contributed by atoms with Crippen LogP contribution in [0.3, 0.4) is 0 Å². The van der Waals surface area contributed by atoms with Gasteiger partial charge in [0.1, 0.15) is 0 Å². The summed E-state index contributed by atoms with van der Waals surface area (Å²) in [6, 6.07) is 7.47. The minimum atomic E-state index is -0.0697. The number of hydrogen-bond donors (Lipinski definition) is 2. The van der Waals surface area contributed by atoms with Crippen LogP contribution in [0.15, 0.2) is 24.3 Å². The van der Waals surface area contributed by atoms with Gasteiger partial charge in [0.15, 0.2) is 0 Å². The molecule has 2 aliphatic heterocycles. The van der Waals surface area contributed by atoms with Gasteiger partial charge in [-0.05, 0) is 56.4 Å². The quantitative estimate of drug-likeness (QED) is 0.827. The van der Waals surface area contributed by atoms with Crippen molar-refractivity contribution < 1.29 is 4.79 Å². The van der Waals surface area contributed by atoms with Crippen molar-refractivity contribution in [2.45, 2.75) is 71.0 Å². The molecule has 0 saturated heterocycles. The first-order valence-electron chi connectivity index (χ1n) is 10.7. The highest BCUT2D eigenvalue weighted by molar-refractivity contribution is 5.88. The number of amides is 1. The van der Waals surface area contributed by atoms with E-state index in [1.165, 1.54) is 22.4 Å². The van der Waals surface area contributed by atoms with E-state index in [1.54, 1.807) is 0 Å². The Morgan fingerprint density at radius 2 is 2.07 bits per heavy atom. The van der Waals surface area contributed by atoms with Gasteiger partial charge in [-0.3, -0.25) is 4.79 Å². The van der Waals surface area contributed by atoms with E-state index in [2.05, 4.69) is 67.5 Å². The van der Waals surface area contributed by atoms with Crippen molar-refractivity contribution >= 4 is 17.2 Å². The first-order valence-corrected chi connectivity index (χ1v) is 10.7. The highest BCUT2D eigenvalue weighted by atomic mass is 16.2. The molecule has 1 aromatic rings. The summed E-state index contributed by atoms with van der Waals surface area (Å²) in [5.74, 6) is 0.798. The first-order chi connectivity index (χ1) is 13.0. The van der Waals surface area contributed by atoms with Gasteiger partial charge in [-0.25, -0.2) is 0 Å². The number of hydrogen-bond acceptors (Lipinski definition) is 3. The zero-order valence-corrected chi connectivity index (χ0v) is 17.1. The van der Waals surface area contributed by atoms with Crippen LogP contribution in [0.2, 0.25) is 0 Å². The van der Waals surface area contributed by atoms with Crippen LogP contribution in [-0.4, -0.2) is 42.0 Å². The van der Waals surface area contributed by atoms with E-state index in [-0.39, 0.29) is 17.9 Å². The van der Waals surface area contributed by atoms with Crippen molar-refractivity contribution in [1.82, 2.24) is 10.2 Å². The molecule has 1 aliphatic carbocycles. The molecule has 146 valence electrons. The molecule has 4 atom stereocenters. The summed E-state index contributed by atoms with van der Waals surface area (Å²) in [6.07, 6.45) is 5.57. The van der Waals surface area contributed by atoms with Crippen molar-refractivity contribution in [2.75, 3.05) is 18.4 Å². The molecule has 27 heavy (non-hydrogen) atoms. The molecule has 2 heterocycles. The molecule has 2 unspecified atom stereocenters. The topological polar surface area (TPSA) is 44.4 Å². The Bertz CT molecular complexity index is 754. The smallest absolute Gasteiger partial charge is 0.231 e. The van der Waals surface area contributed by atoms with Gasteiger partial charge in [-0.2, -0.15) is 0 Å². The van der Waals surface area contributed by atoms with Crippen molar-refractivity contribution in [3.63, 3.8) is 0 Å². The van der Waals surface area contributed by atoms with Gasteiger partial charge in [0.2, 0.25) is 5.91 Å². The van der Waals surface area contributed by atoms with Crippen LogP contribution in [0.4, 0.5) is 5.69 Å². The molecule has 0 spiro atoms. The predicted octanol–water partition coefficient (Wildman–Crippen LogP) is 4.00. The highest BCUT2D eigenvalue weighted by Gasteiger charge is 2.39. The Morgan fingerprint density at radius 1 is 1.26 bits per heavy atom.